The molecule has 0 aromatic rings. The molecule has 0 aromatic carbocycles. The molecule has 1 aliphatic carbocycles. The van der Waals surface area contributed by atoms with Gasteiger partial charge in [-0.3, -0.25) is 4.99 Å². The van der Waals surface area contributed by atoms with Gasteiger partial charge in [-0.25, -0.2) is 0 Å². The van der Waals surface area contributed by atoms with Crippen LogP contribution < -0.4 is 10.6 Å². The molecule has 0 amide bonds. The summed E-state index contributed by atoms with van der Waals surface area (Å²) in [5, 5.41) is 6.80. The van der Waals surface area contributed by atoms with Crippen molar-refractivity contribution in [3.8, 4) is 0 Å². The standard InChI is InChI=1S/C16H32N4.HI/c1-3-17-16(19-13-15-5-6-15)18-9-4-10-20-11-7-14(2)8-12-20;/h14-15H,3-13H2,1-2H3,(H2,17,18,19);1H. The molecule has 5 heteroatoms. The monoisotopic (exact) mass is 408 g/mol. The Kier molecular flexibility index (Phi) is 9.64. The Hall–Kier alpha value is -0.0400. The second-order valence-corrected chi connectivity index (χ2v) is 6.47. The van der Waals surface area contributed by atoms with Crippen LogP contribution in [-0.4, -0.2) is 50.1 Å². The largest absolute Gasteiger partial charge is 0.357 e. The van der Waals surface area contributed by atoms with E-state index in [1.54, 1.807) is 0 Å². The predicted octanol–water partition coefficient (Wildman–Crippen LogP) is 2.69. The molecule has 1 saturated carbocycles. The number of halogens is 1. The van der Waals surface area contributed by atoms with Gasteiger partial charge < -0.3 is 15.5 Å². The fourth-order valence-corrected chi connectivity index (χ4v) is 2.66. The smallest absolute Gasteiger partial charge is 0.191 e. The minimum absolute atomic E-state index is 0. The number of nitrogens with zero attached hydrogens (tertiary/aromatic N) is 2. The second kappa shape index (κ2) is 10.6. The molecule has 124 valence electrons. The van der Waals surface area contributed by atoms with Crippen molar-refractivity contribution in [3.05, 3.63) is 0 Å². The first-order valence-corrected chi connectivity index (χ1v) is 8.52. The van der Waals surface area contributed by atoms with Crippen molar-refractivity contribution in [3.63, 3.8) is 0 Å². The van der Waals surface area contributed by atoms with Crippen molar-refractivity contribution >= 4 is 29.9 Å². The lowest BCUT2D eigenvalue weighted by atomic mass is 9.99. The van der Waals surface area contributed by atoms with Crippen LogP contribution >= 0.6 is 24.0 Å². The number of guanidine groups is 1. The van der Waals surface area contributed by atoms with Crippen molar-refractivity contribution in [2.75, 3.05) is 39.3 Å². The molecule has 0 spiro atoms. The lowest BCUT2D eigenvalue weighted by molar-refractivity contribution is 0.191. The van der Waals surface area contributed by atoms with Crippen molar-refractivity contribution in [2.45, 2.75) is 46.0 Å². The molecule has 1 aliphatic heterocycles. The lowest BCUT2D eigenvalue weighted by Gasteiger charge is -2.30. The molecule has 21 heavy (non-hydrogen) atoms. The van der Waals surface area contributed by atoms with Crippen LogP contribution in [0.15, 0.2) is 4.99 Å². The first-order chi connectivity index (χ1) is 9.78. The van der Waals surface area contributed by atoms with Gasteiger partial charge in [0.25, 0.3) is 0 Å². The molecular formula is C16H33IN4. The zero-order valence-corrected chi connectivity index (χ0v) is 16.1. The topological polar surface area (TPSA) is 39.7 Å². The summed E-state index contributed by atoms with van der Waals surface area (Å²) in [6.07, 6.45) is 6.70. The van der Waals surface area contributed by atoms with Crippen LogP contribution in [0.5, 0.6) is 0 Å². The SMILES string of the molecule is CCNC(=NCC1CC1)NCCCN1CCC(C)CC1.I. The zero-order valence-electron chi connectivity index (χ0n) is 13.7. The van der Waals surface area contributed by atoms with E-state index < -0.39 is 0 Å². The van der Waals surface area contributed by atoms with Gasteiger partial charge in [-0.15, -0.1) is 24.0 Å². The van der Waals surface area contributed by atoms with Crippen LogP contribution in [0.2, 0.25) is 0 Å². The number of nitrogens with one attached hydrogen (secondary N) is 2. The van der Waals surface area contributed by atoms with E-state index in [1.165, 1.54) is 51.7 Å². The van der Waals surface area contributed by atoms with Gasteiger partial charge in [-0.2, -0.15) is 0 Å². The lowest BCUT2D eigenvalue weighted by Crippen LogP contribution is -2.40. The average Bonchev–Trinajstić information content (AvgIpc) is 3.27. The summed E-state index contributed by atoms with van der Waals surface area (Å²) in [6, 6.07) is 0. The maximum atomic E-state index is 4.65. The normalized spacial score (nSPS) is 21.0. The first-order valence-electron chi connectivity index (χ1n) is 8.52. The Bertz CT molecular complexity index is 297. The van der Waals surface area contributed by atoms with E-state index in [4.69, 9.17) is 0 Å². The number of aliphatic imine (C=N–C) groups is 1. The highest BCUT2D eigenvalue weighted by atomic mass is 127. The molecule has 1 saturated heterocycles. The summed E-state index contributed by atoms with van der Waals surface area (Å²) in [5.41, 5.74) is 0. The summed E-state index contributed by atoms with van der Waals surface area (Å²) in [6.45, 7) is 11.3. The number of rotatable bonds is 7. The van der Waals surface area contributed by atoms with Crippen molar-refractivity contribution in [1.29, 1.82) is 0 Å². The molecule has 2 rings (SSSR count). The predicted molar refractivity (Wildman–Crippen MR) is 102 cm³/mol. The van der Waals surface area contributed by atoms with Crippen LogP contribution in [0.25, 0.3) is 0 Å². The third kappa shape index (κ3) is 8.24. The summed E-state index contributed by atoms with van der Waals surface area (Å²) in [4.78, 5) is 7.26. The summed E-state index contributed by atoms with van der Waals surface area (Å²) in [7, 11) is 0. The van der Waals surface area contributed by atoms with E-state index in [-0.39, 0.29) is 24.0 Å². The maximum absolute atomic E-state index is 4.65. The molecule has 1 heterocycles. The quantitative estimate of drug-likeness (QED) is 0.295. The van der Waals surface area contributed by atoms with Crippen LogP contribution in [0.1, 0.15) is 46.0 Å². The van der Waals surface area contributed by atoms with Crippen molar-refractivity contribution in [1.82, 2.24) is 15.5 Å². The van der Waals surface area contributed by atoms with Gasteiger partial charge in [-0.05, 0) is 70.5 Å². The van der Waals surface area contributed by atoms with Crippen LogP contribution in [-0.2, 0) is 0 Å². The highest BCUT2D eigenvalue weighted by Gasteiger charge is 2.20. The Morgan fingerprint density at radius 3 is 2.48 bits per heavy atom. The van der Waals surface area contributed by atoms with Gasteiger partial charge in [0.1, 0.15) is 0 Å². The van der Waals surface area contributed by atoms with Gasteiger partial charge in [-0.1, -0.05) is 6.92 Å². The molecule has 0 atom stereocenters. The molecule has 0 radical (unpaired) electrons. The van der Waals surface area contributed by atoms with Gasteiger partial charge in [0.05, 0.1) is 0 Å². The molecule has 2 aliphatic rings. The zero-order chi connectivity index (χ0) is 14.2. The molecule has 4 nitrogen and oxygen atoms in total. The second-order valence-electron chi connectivity index (χ2n) is 6.47. The fourth-order valence-electron chi connectivity index (χ4n) is 2.66. The van der Waals surface area contributed by atoms with E-state index in [0.29, 0.717) is 0 Å². The molecule has 2 N–H and O–H groups in total. The Balaban J connectivity index is 0.00000220. The molecule has 2 fully saturated rings. The number of piperidine rings is 1. The average molecular weight is 408 g/mol. The van der Waals surface area contributed by atoms with Gasteiger partial charge >= 0.3 is 0 Å². The van der Waals surface area contributed by atoms with Crippen LogP contribution in [0, 0.1) is 11.8 Å². The van der Waals surface area contributed by atoms with E-state index >= 15 is 0 Å². The number of likely N-dealkylation sites (tertiary alicyclic amines) is 1. The van der Waals surface area contributed by atoms with Gasteiger partial charge in [0.15, 0.2) is 5.96 Å². The Labute approximate surface area is 147 Å². The Morgan fingerprint density at radius 2 is 1.86 bits per heavy atom. The molecule has 0 aromatic heterocycles. The van der Waals surface area contributed by atoms with Crippen molar-refractivity contribution < 1.29 is 0 Å². The van der Waals surface area contributed by atoms with Crippen LogP contribution in [0.4, 0.5) is 0 Å². The van der Waals surface area contributed by atoms with Crippen LogP contribution in [0.3, 0.4) is 0 Å². The molecule has 0 bridgehead atoms. The van der Waals surface area contributed by atoms with Crippen molar-refractivity contribution in [2.24, 2.45) is 16.8 Å². The maximum Gasteiger partial charge on any atom is 0.191 e. The summed E-state index contributed by atoms with van der Waals surface area (Å²) >= 11 is 0. The minimum atomic E-state index is 0. The van der Waals surface area contributed by atoms with E-state index in [1.807, 2.05) is 0 Å². The highest BCUT2D eigenvalue weighted by Crippen LogP contribution is 2.28. The third-order valence-electron chi connectivity index (χ3n) is 4.37. The fraction of sp³-hybridized carbons (Fsp3) is 0.938. The van der Waals surface area contributed by atoms with E-state index in [2.05, 4.69) is 34.4 Å². The number of hydrogen-bond acceptors (Lipinski definition) is 2. The van der Waals surface area contributed by atoms with Gasteiger partial charge in [0, 0.05) is 19.6 Å². The Morgan fingerprint density at radius 1 is 1.14 bits per heavy atom. The number of hydrogen-bond donors (Lipinski definition) is 2. The first kappa shape index (κ1) is 19.0. The van der Waals surface area contributed by atoms with E-state index in [9.17, 15) is 0 Å². The molecule has 0 unspecified atom stereocenters. The van der Waals surface area contributed by atoms with E-state index in [0.717, 1.165) is 37.4 Å². The summed E-state index contributed by atoms with van der Waals surface area (Å²) < 4.78 is 0. The van der Waals surface area contributed by atoms with Gasteiger partial charge in [0.2, 0.25) is 0 Å². The third-order valence-corrected chi connectivity index (χ3v) is 4.37. The summed E-state index contributed by atoms with van der Waals surface area (Å²) in [5.74, 6) is 2.80. The highest BCUT2D eigenvalue weighted by molar-refractivity contribution is 14.0. The minimum Gasteiger partial charge on any atom is -0.357 e. The molecular weight excluding hydrogens is 375 g/mol.